The first kappa shape index (κ1) is 16.1. The SMILES string of the molecule is CCCCN(CCBr)S(=O)(=O)c1cncc(Br)c1. The summed E-state index contributed by atoms with van der Waals surface area (Å²) >= 11 is 6.53. The van der Waals surface area contributed by atoms with Crippen LogP contribution >= 0.6 is 31.9 Å². The summed E-state index contributed by atoms with van der Waals surface area (Å²) in [5, 5.41) is 0.622. The van der Waals surface area contributed by atoms with Crippen molar-refractivity contribution in [2.75, 3.05) is 18.4 Å². The molecule has 0 aromatic carbocycles. The molecule has 0 aliphatic heterocycles. The molecule has 0 unspecified atom stereocenters. The molecular weight excluding hydrogens is 384 g/mol. The number of nitrogens with zero attached hydrogens (tertiary/aromatic N) is 2. The molecule has 0 N–H and O–H groups in total. The van der Waals surface area contributed by atoms with Gasteiger partial charge in [0.25, 0.3) is 0 Å². The van der Waals surface area contributed by atoms with Crippen LogP contribution in [-0.4, -0.2) is 36.1 Å². The van der Waals surface area contributed by atoms with Crippen LogP contribution in [0.2, 0.25) is 0 Å². The molecule has 0 saturated carbocycles. The summed E-state index contributed by atoms with van der Waals surface area (Å²) in [7, 11) is -3.45. The lowest BCUT2D eigenvalue weighted by Crippen LogP contribution is -2.33. The Kier molecular flexibility index (Phi) is 6.76. The second-order valence-electron chi connectivity index (χ2n) is 3.79. The molecule has 1 heterocycles. The molecule has 1 aromatic heterocycles. The van der Waals surface area contributed by atoms with Crippen molar-refractivity contribution in [1.82, 2.24) is 9.29 Å². The van der Waals surface area contributed by atoms with Crippen molar-refractivity contribution in [2.24, 2.45) is 0 Å². The highest BCUT2D eigenvalue weighted by Gasteiger charge is 2.23. The first-order chi connectivity index (χ1) is 8.52. The van der Waals surface area contributed by atoms with Crippen molar-refractivity contribution in [3.05, 3.63) is 22.9 Å². The van der Waals surface area contributed by atoms with Crippen LogP contribution in [0, 0.1) is 0 Å². The predicted molar refractivity (Wildman–Crippen MR) is 79.4 cm³/mol. The van der Waals surface area contributed by atoms with E-state index in [4.69, 9.17) is 0 Å². The molecule has 7 heteroatoms. The molecule has 102 valence electrons. The minimum absolute atomic E-state index is 0.230. The maximum absolute atomic E-state index is 12.4. The summed E-state index contributed by atoms with van der Waals surface area (Å²) in [4.78, 5) is 4.14. The normalized spacial score (nSPS) is 12.0. The third kappa shape index (κ3) is 4.29. The number of hydrogen-bond donors (Lipinski definition) is 0. The smallest absolute Gasteiger partial charge is 0.244 e. The van der Waals surface area contributed by atoms with Crippen molar-refractivity contribution < 1.29 is 8.42 Å². The third-order valence-corrected chi connectivity index (χ3v) is 5.06. The van der Waals surface area contributed by atoms with E-state index in [0.717, 1.165) is 12.8 Å². The standard InChI is InChI=1S/C11H16Br2N2O2S/c1-2-3-5-15(6-4-12)18(16,17)11-7-10(13)8-14-9-11/h7-9H,2-6H2,1H3. The summed E-state index contributed by atoms with van der Waals surface area (Å²) in [6.07, 6.45) is 4.77. The zero-order valence-corrected chi connectivity index (χ0v) is 14.1. The first-order valence-corrected chi connectivity index (χ1v) is 9.04. The minimum Gasteiger partial charge on any atom is -0.262 e. The lowest BCUT2D eigenvalue weighted by atomic mass is 10.3. The molecule has 0 radical (unpaired) electrons. The van der Waals surface area contributed by atoms with E-state index in [-0.39, 0.29) is 4.90 Å². The van der Waals surface area contributed by atoms with Crippen LogP contribution in [0.5, 0.6) is 0 Å². The Balaban J connectivity index is 3.00. The zero-order chi connectivity index (χ0) is 13.6. The molecule has 0 aliphatic rings. The number of pyridine rings is 1. The highest BCUT2D eigenvalue weighted by Crippen LogP contribution is 2.19. The van der Waals surface area contributed by atoms with Gasteiger partial charge in [-0.3, -0.25) is 4.98 Å². The van der Waals surface area contributed by atoms with E-state index in [1.54, 1.807) is 12.3 Å². The Hall–Kier alpha value is 0.0200. The molecule has 0 amide bonds. The van der Waals surface area contributed by atoms with E-state index in [0.29, 0.717) is 22.9 Å². The largest absolute Gasteiger partial charge is 0.262 e. The molecule has 18 heavy (non-hydrogen) atoms. The number of rotatable bonds is 7. The van der Waals surface area contributed by atoms with Gasteiger partial charge in [0.05, 0.1) is 0 Å². The molecule has 0 saturated heterocycles. The summed E-state index contributed by atoms with van der Waals surface area (Å²) in [5.74, 6) is 0. The summed E-state index contributed by atoms with van der Waals surface area (Å²) < 4.78 is 27.0. The molecule has 0 fully saturated rings. The molecular formula is C11H16Br2N2O2S. The lowest BCUT2D eigenvalue weighted by Gasteiger charge is -2.20. The molecule has 0 spiro atoms. The fourth-order valence-electron chi connectivity index (χ4n) is 1.46. The van der Waals surface area contributed by atoms with Gasteiger partial charge in [-0.2, -0.15) is 4.31 Å². The summed E-state index contributed by atoms with van der Waals surface area (Å²) in [5.41, 5.74) is 0. The lowest BCUT2D eigenvalue weighted by molar-refractivity contribution is 0.421. The topological polar surface area (TPSA) is 50.3 Å². The molecule has 0 aliphatic carbocycles. The van der Waals surface area contributed by atoms with Gasteiger partial charge in [-0.05, 0) is 28.4 Å². The van der Waals surface area contributed by atoms with Gasteiger partial charge in [-0.1, -0.05) is 29.3 Å². The molecule has 0 bridgehead atoms. The Morgan fingerprint density at radius 3 is 2.61 bits per heavy atom. The average molecular weight is 400 g/mol. The first-order valence-electron chi connectivity index (χ1n) is 5.69. The summed E-state index contributed by atoms with van der Waals surface area (Å²) in [6, 6.07) is 1.58. The average Bonchev–Trinajstić information content (AvgIpc) is 2.34. The van der Waals surface area contributed by atoms with Crippen LogP contribution in [-0.2, 0) is 10.0 Å². The van der Waals surface area contributed by atoms with E-state index < -0.39 is 10.0 Å². The van der Waals surface area contributed by atoms with Crippen molar-refractivity contribution in [3.63, 3.8) is 0 Å². The second kappa shape index (κ2) is 7.57. The Morgan fingerprint density at radius 1 is 1.33 bits per heavy atom. The summed E-state index contributed by atoms with van der Waals surface area (Å²) in [6.45, 7) is 3.05. The van der Waals surface area contributed by atoms with Gasteiger partial charge in [0, 0.05) is 35.3 Å². The van der Waals surface area contributed by atoms with Crippen LogP contribution < -0.4 is 0 Å². The van der Waals surface area contributed by atoms with E-state index in [2.05, 4.69) is 36.8 Å². The highest BCUT2D eigenvalue weighted by molar-refractivity contribution is 9.10. The number of halogens is 2. The van der Waals surface area contributed by atoms with Gasteiger partial charge in [0.15, 0.2) is 0 Å². The minimum atomic E-state index is -3.45. The van der Waals surface area contributed by atoms with Crippen LogP contribution in [0.1, 0.15) is 19.8 Å². The number of unbranched alkanes of at least 4 members (excludes halogenated alkanes) is 1. The van der Waals surface area contributed by atoms with E-state index in [9.17, 15) is 8.42 Å². The highest BCUT2D eigenvalue weighted by atomic mass is 79.9. The maximum Gasteiger partial charge on any atom is 0.244 e. The Morgan fingerprint density at radius 2 is 2.06 bits per heavy atom. The fraction of sp³-hybridized carbons (Fsp3) is 0.545. The molecule has 1 aromatic rings. The van der Waals surface area contributed by atoms with Gasteiger partial charge in [-0.25, -0.2) is 8.42 Å². The van der Waals surface area contributed by atoms with Crippen LogP contribution in [0.25, 0.3) is 0 Å². The second-order valence-corrected chi connectivity index (χ2v) is 7.43. The third-order valence-electron chi connectivity index (χ3n) is 2.41. The van der Waals surface area contributed by atoms with Gasteiger partial charge >= 0.3 is 0 Å². The quantitative estimate of drug-likeness (QED) is 0.662. The molecule has 0 atom stereocenters. The monoisotopic (exact) mass is 398 g/mol. The Labute approximate surface area is 125 Å². The van der Waals surface area contributed by atoms with Crippen molar-refractivity contribution in [2.45, 2.75) is 24.7 Å². The van der Waals surface area contributed by atoms with E-state index in [1.807, 2.05) is 6.92 Å². The van der Waals surface area contributed by atoms with Crippen LogP contribution in [0.15, 0.2) is 27.8 Å². The van der Waals surface area contributed by atoms with E-state index in [1.165, 1.54) is 10.5 Å². The van der Waals surface area contributed by atoms with Crippen molar-refractivity contribution >= 4 is 41.9 Å². The number of sulfonamides is 1. The Bertz CT molecular complexity index is 480. The van der Waals surface area contributed by atoms with Crippen LogP contribution in [0.4, 0.5) is 0 Å². The van der Waals surface area contributed by atoms with Gasteiger partial charge in [-0.15, -0.1) is 0 Å². The number of aromatic nitrogens is 1. The van der Waals surface area contributed by atoms with Crippen molar-refractivity contribution in [1.29, 1.82) is 0 Å². The van der Waals surface area contributed by atoms with E-state index >= 15 is 0 Å². The zero-order valence-electron chi connectivity index (χ0n) is 10.1. The fourth-order valence-corrected chi connectivity index (χ4v) is 4.11. The number of hydrogen-bond acceptors (Lipinski definition) is 3. The number of alkyl halides is 1. The molecule has 1 rings (SSSR count). The predicted octanol–water partition coefficient (Wildman–Crippen LogP) is 3.03. The van der Waals surface area contributed by atoms with Gasteiger partial charge in [0.1, 0.15) is 4.90 Å². The maximum atomic E-state index is 12.4. The van der Waals surface area contributed by atoms with Gasteiger partial charge in [0.2, 0.25) is 10.0 Å². The van der Waals surface area contributed by atoms with Crippen molar-refractivity contribution in [3.8, 4) is 0 Å². The van der Waals surface area contributed by atoms with Gasteiger partial charge < -0.3 is 0 Å². The molecule has 4 nitrogen and oxygen atoms in total. The van der Waals surface area contributed by atoms with Crippen LogP contribution in [0.3, 0.4) is 0 Å².